The SMILES string of the molecule is CC1(C)C2=CCCC=C2Nc2ccccc21. The van der Waals surface area contributed by atoms with Crippen molar-refractivity contribution < 1.29 is 0 Å². The predicted octanol–water partition coefficient (Wildman–Crippen LogP) is 3.99. The summed E-state index contributed by atoms with van der Waals surface area (Å²) in [4.78, 5) is 0. The molecule has 0 saturated heterocycles. The highest BCUT2D eigenvalue weighted by Gasteiger charge is 2.34. The Labute approximate surface area is 96.9 Å². The van der Waals surface area contributed by atoms with Gasteiger partial charge in [0.25, 0.3) is 0 Å². The van der Waals surface area contributed by atoms with Gasteiger partial charge in [0.05, 0.1) is 0 Å². The Kier molecular flexibility index (Phi) is 1.97. The molecule has 1 aliphatic carbocycles. The van der Waals surface area contributed by atoms with E-state index in [0.717, 1.165) is 6.42 Å². The van der Waals surface area contributed by atoms with Crippen LogP contribution in [-0.4, -0.2) is 0 Å². The van der Waals surface area contributed by atoms with Crippen LogP contribution in [-0.2, 0) is 5.41 Å². The summed E-state index contributed by atoms with van der Waals surface area (Å²) >= 11 is 0. The Morgan fingerprint density at radius 3 is 2.69 bits per heavy atom. The third-order valence-corrected chi connectivity index (χ3v) is 3.70. The summed E-state index contributed by atoms with van der Waals surface area (Å²) in [6.45, 7) is 4.63. The first kappa shape index (κ1) is 9.71. The lowest BCUT2D eigenvalue weighted by Gasteiger charge is -2.39. The molecule has 0 radical (unpaired) electrons. The van der Waals surface area contributed by atoms with Gasteiger partial charge in [0.15, 0.2) is 0 Å². The maximum absolute atomic E-state index is 3.55. The molecule has 1 heteroatoms. The highest BCUT2D eigenvalue weighted by Crippen LogP contribution is 2.45. The first-order valence-electron chi connectivity index (χ1n) is 5.97. The summed E-state index contributed by atoms with van der Waals surface area (Å²) in [6.07, 6.45) is 7.04. The van der Waals surface area contributed by atoms with Gasteiger partial charge in [-0.1, -0.05) is 44.2 Å². The van der Waals surface area contributed by atoms with Crippen molar-refractivity contribution in [2.75, 3.05) is 5.32 Å². The highest BCUT2D eigenvalue weighted by molar-refractivity contribution is 5.69. The summed E-state index contributed by atoms with van der Waals surface area (Å²) in [6, 6.07) is 8.62. The second kappa shape index (κ2) is 3.24. The van der Waals surface area contributed by atoms with Crippen LogP contribution in [0.15, 0.2) is 47.7 Å². The van der Waals surface area contributed by atoms with Gasteiger partial charge < -0.3 is 5.32 Å². The van der Waals surface area contributed by atoms with Crippen molar-refractivity contribution in [2.45, 2.75) is 32.1 Å². The van der Waals surface area contributed by atoms with E-state index in [4.69, 9.17) is 0 Å². The number of allylic oxidation sites excluding steroid dienone is 3. The van der Waals surface area contributed by atoms with E-state index < -0.39 is 0 Å². The van der Waals surface area contributed by atoms with Crippen molar-refractivity contribution in [3.63, 3.8) is 0 Å². The van der Waals surface area contributed by atoms with Crippen LogP contribution < -0.4 is 5.32 Å². The third-order valence-electron chi connectivity index (χ3n) is 3.70. The first-order valence-corrected chi connectivity index (χ1v) is 5.97. The molecule has 0 saturated carbocycles. The second-order valence-electron chi connectivity index (χ2n) is 5.11. The van der Waals surface area contributed by atoms with Gasteiger partial charge in [0.2, 0.25) is 0 Å². The zero-order valence-electron chi connectivity index (χ0n) is 9.88. The zero-order chi connectivity index (χ0) is 11.2. The number of para-hydroxylation sites is 1. The Hall–Kier alpha value is -1.50. The van der Waals surface area contributed by atoms with E-state index in [2.05, 4.69) is 55.6 Å². The smallest absolute Gasteiger partial charge is 0.0425 e. The number of fused-ring (bicyclic) bond motifs is 2. The Morgan fingerprint density at radius 1 is 1.06 bits per heavy atom. The van der Waals surface area contributed by atoms with Crippen LogP contribution in [0.1, 0.15) is 32.3 Å². The summed E-state index contributed by atoms with van der Waals surface area (Å²) in [5, 5.41) is 3.55. The van der Waals surface area contributed by atoms with E-state index in [0.29, 0.717) is 0 Å². The largest absolute Gasteiger partial charge is 0.355 e. The van der Waals surface area contributed by atoms with E-state index in [-0.39, 0.29) is 5.41 Å². The number of hydrogen-bond acceptors (Lipinski definition) is 1. The molecular weight excluding hydrogens is 194 g/mol. The van der Waals surface area contributed by atoms with E-state index in [1.54, 1.807) is 0 Å². The fourth-order valence-corrected chi connectivity index (χ4v) is 2.81. The maximum Gasteiger partial charge on any atom is 0.0425 e. The Balaban J connectivity index is 2.23. The quantitative estimate of drug-likeness (QED) is 0.684. The molecule has 1 aliphatic heterocycles. The highest BCUT2D eigenvalue weighted by atomic mass is 14.9. The third kappa shape index (κ3) is 1.24. The monoisotopic (exact) mass is 211 g/mol. The molecule has 1 aromatic carbocycles. The average Bonchev–Trinajstić information content (AvgIpc) is 2.29. The zero-order valence-corrected chi connectivity index (χ0v) is 9.88. The molecule has 1 N–H and O–H groups in total. The fraction of sp³-hybridized carbons (Fsp3) is 0.333. The lowest BCUT2D eigenvalue weighted by molar-refractivity contribution is 0.613. The molecule has 16 heavy (non-hydrogen) atoms. The van der Waals surface area contributed by atoms with Crippen molar-refractivity contribution in [1.29, 1.82) is 0 Å². The minimum Gasteiger partial charge on any atom is -0.355 e. The lowest BCUT2D eigenvalue weighted by Crippen LogP contribution is -2.30. The van der Waals surface area contributed by atoms with E-state index in [9.17, 15) is 0 Å². The predicted molar refractivity (Wildman–Crippen MR) is 68.5 cm³/mol. The average molecular weight is 211 g/mol. The van der Waals surface area contributed by atoms with Crippen molar-refractivity contribution in [1.82, 2.24) is 0 Å². The van der Waals surface area contributed by atoms with E-state index in [1.165, 1.54) is 28.9 Å². The summed E-state index contributed by atoms with van der Waals surface area (Å²) in [5.41, 5.74) is 5.57. The number of benzene rings is 1. The van der Waals surface area contributed by atoms with Crippen LogP contribution in [0.25, 0.3) is 0 Å². The standard InChI is InChI=1S/C15H17N/c1-15(2)11-7-3-5-9-13(11)16-14-10-6-4-8-12(14)15/h3,5,7-10,16H,4,6H2,1-2H3. The number of rotatable bonds is 0. The van der Waals surface area contributed by atoms with Crippen LogP contribution >= 0.6 is 0 Å². The summed E-state index contributed by atoms with van der Waals surface area (Å²) in [7, 11) is 0. The molecule has 0 amide bonds. The molecule has 0 unspecified atom stereocenters. The first-order chi connectivity index (χ1) is 7.69. The van der Waals surface area contributed by atoms with Gasteiger partial charge in [-0.15, -0.1) is 0 Å². The molecule has 2 aliphatic rings. The molecule has 0 fully saturated rings. The molecular formula is C15H17N. The van der Waals surface area contributed by atoms with Crippen LogP contribution in [0.4, 0.5) is 5.69 Å². The molecule has 1 nitrogen and oxygen atoms in total. The molecule has 0 atom stereocenters. The van der Waals surface area contributed by atoms with Gasteiger partial charge in [-0.25, -0.2) is 0 Å². The molecule has 0 aromatic heterocycles. The number of hydrogen-bond donors (Lipinski definition) is 1. The van der Waals surface area contributed by atoms with Crippen LogP contribution in [0.5, 0.6) is 0 Å². The molecule has 3 rings (SSSR count). The molecule has 1 aromatic rings. The lowest BCUT2D eigenvalue weighted by atomic mass is 9.71. The van der Waals surface area contributed by atoms with Crippen LogP contribution in [0, 0.1) is 0 Å². The normalized spacial score (nSPS) is 21.1. The van der Waals surface area contributed by atoms with Gasteiger partial charge in [-0.05, 0) is 30.0 Å². The van der Waals surface area contributed by atoms with Gasteiger partial charge in [0, 0.05) is 16.8 Å². The van der Waals surface area contributed by atoms with Gasteiger partial charge in [0.1, 0.15) is 0 Å². The molecule has 0 spiro atoms. The van der Waals surface area contributed by atoms with Crippen molar-refractivity contribution in [3.8, 4) is 0 Å². The molecule has 1 heterocycles. The van der Waals surface area contributed by atoms with Crippen molar-refractivity contribution >= 4 is 5.69 Å². The van der Waals surface area contributed by atoms with Gasteiger partial charge in [-0.3, -0.25) is 0 Å². The fourth-order valence-electron chi connectivity index (χ4n) is 2.81. The van der Waals surface area contributed by atoms with Gasteiger partial charge in [-0.2, -0.15) is 0 Å². The topological polar surface area (TPSA) is 12.0 Å². The van der Waals surface area contributed by atoms with E-state index in [1.807, 2.05) is 0 Å². The van der Waals surface area contributed by atoms with Crippen LogP contribution in [0.2, 0.25) is 0 Å². The minimum absolute atomic E-state index is 0.133. The Bertz CT molecular complexity index is 492. The number of anilines is 1. The Morgan fingerprint density at radius 2 is 1.81 bits per heavy atom. The summed E-state index contributed by atoms with van der Waals surface area (Å²) < 4.78 is 0. The summed E-state index contributed by atoms with van der Waals surface area (Å²) in [5.74, 6) is 0. The molecule has 0 bridgehead atoms. The van der Waals surface area contributed by atoms with E-state index >= 15 is 0 Å². The minimum atomic E-state index is 0.133. The van der Waals surface area contributed by atoms with Crippen molar-refractivity contribution in [3.05, 3.63) is 53.3 Å². The second-order valence-corrected chi connectivity index (χ2v) is 5.11. The molecule has 82 valence electrons. The maximum atomic E-state index is 3.55. The van der Waals surface area contributed by atoms with Gasteiger partial charge >= 0.3 is 0 Å². The van der Waals surface area contributed by atoms with Crippen molar-refractivity contribution in [2.24, 2.45) is 0 Å². The van der Waals surface area contributed by atoms with Crippen LogP contribution in [0.3, 0.4) is 0 Å². The number of nitrogens with one attached hydrogen (secondary N) is 1.